The molecule has 0 radical (unpaired) electrons. The molecule has 1 atom stereocenters. The van der Waals surface area contributed by atoms with Crippen LogP contribution < -0.4 is 0 Å². The second-order valence-corrected chi connectivity index (χ2v) is 5.36. The van der Waals surface area contributed by atoms with Gasteiger partial charge in [0.25, 0.3) is 0 Å². The van der Waals surface area contributed by atoms with Crippen molar-refractivity contribution >= 4 is 0 Å². The number of hydrogen-bond acceptors (Lipinski definition) is 4. The molecule has 3 heterocycles. The van der Waals surface area contributed by atoms with E-state index < -0.39 is 0 Å². The third-order valence-corrected chi connectivity index (χ3v) is 3.82. The Bertz CT molecular complexity index is 567. The van der Waals surface area contributed by atoms with E-state index in [2.05, 4.69) is 21.0 Å². The minimum absolute atomic E-state index is 0.382. The number of pyridine rings is 1. The van der Waals surface area contributed by atoms with Gasteiger partial charge in [0.2, 0.25) is 0 Å². The van der Waals surface area contributed by atoms with Gasteiger partial charge in [0, 0.05) is 63.4 Å². The predicted octanol–water partition coefficient (Wildman–Crippen LogP) is 1.56. The molecule has 0 saturated carbocycles. The van der Waals surface area contributed by atoms with Crippen LogP contribution in [0.3, 0.4) is 0 Å². The van der Waals surface area contributed by atoms with Crippen LogP contribution in [0.4, 0.5) is 0 Å². The van der Waals surface area contributed by atoms with Crippen LogP contribution in [0.25, 0.3) is 0 Å². The molecular weight excluding hydrogens is 252 g/mol. The zero-order valence-corrected chi connectivity index (χ0v) is 12.0. The summed E-state index contributed by atoms with van der Waals surface area (Å²) in [6.07, 6.45) is 5.73. The molecule has 2 aromatic rings. The zero-order valence-electron chi connectivity index (χ0n) is 12.0. The molecule has 0 aliphatic carbocycles. The Labute approximate surface area is 119 Å². The summed E-state index contributed by atoms with van der Waals surface area (Å²) in [6, 6.07) is 4.11. The first-order valence-electron chi connectivity index (χ1n) is 6.89. The SMILES string of the molecule is COCC1CN(Cc2cccnc2)Cc2cnn(C)c21. The second kappa shape index (κ2) is 5.73. The first-order chi connectivity index (χ1) is 9.78. The van der Waals surface area contributed by atoms with E-state index in [0.29, 0.717) is 5.92 Å². The van der Waals surface area contributed by atoms with Gasteiger partial charge in [-0.15, -0.1) is 0 Å². The summed E-state index contributed by atoms with van der Waals surface area (Å²) < 4.78 is 7.37. The smallest absolute Gasteiger partial charge is 0.0558 e. The van der Waals surface area contributed by atoms with Crippen molar-refractivity contribution in [1.29, 1.82) is 0 Å². The van der Waals surface area contributed by atoms with Gasteiger partial charge in [-0.05, 0) is 11.6 Å². The number of rotatable bonds is 4. The van der Waals surface area contributed by atoms with Crippen molar-refractivity contribution in [3.05, 3.63) is 47.5 Å². The lowest BCUT2D eigenvalue weighted by Gasteiger charge is -2.32. The van der Waals surface area contributed by atoms with Crippen LogP contribution in [0.15, 0.2) is 30.7 Å². The van der Waals surface area contributed by atoms with Gasteiger partial charge in [0.1, 0.15) is 0 Å². The van der Waals surface area contributed by atoms with Crippen LogP contribution >= 0.6 is 0 Å². The zero-order chi connectivity index (χ0) is 13.9. The van der Waals surface area contributed by atoms with E-state index in [4.69, 9.17) is 4.74 Å². The molecule has 5 heteroatoms. The summed E-state index contributed by atoms with van der Waals surface area (Å²) in [5, 5.41) is 4.39. The predicted molar refractivity (Wildman–Crippen MR) is 76.2 cm³/mol. The van der Waals surface area contributed by atoms with Crippen molar-refractivity contribution < 1.29 is 4.74 Å². The highest BCUT2D eigenvalue weighted by Gasteiger charge is 2.28. The Morgan fingerprint density at radius 1 is 1.40 bits per heavy atom. The molecule has 0 amide bonds. The molecule has 0 bridgehead atoms. The largest absolute Gasteiger partial charge is 0.384 e. The van der Waals surface area contributed by atoms with E-state index in [-0.39, 0.29) is 0 Å². The maximum Gasteiger partial charge on any atom is 0.0558 e. The molecule has 106 valence electrons. The fraction of sp³-hybridized carbons (Fsp3) is 0.467. The number of aryl methyl sites for hydroxylation is 1. The number of methoxy groups -OCH3 is 1. The molecule has 1 aliphatic heterocycles. The van der Waals surface area contributed by atoms with E-state index >= 15 is 0 Å². The summed E-state index contributed by atoms with van der Waals surface area (Å²) in [6.45, 7) is 3.59. The van der Waals surface area contributed by atoms with Gasteiger partial charge in [-0.1, -0.05) is 6.07 Å². The minimum Gasteiger partial charge on any atom is -0.384 e. The molecule has 0 fully saturated rings. The molecular formula is C15H20N4O. The fourth-order valence-electron chi connectivity index (χ4n) is 3.05. The molecule has 0 N–H and O–H groups in total. The molecule has 1 unspecified atom stereocenters. The van der Waals surface area contributed by atoms with Crippen LogP contribution in [0.1, 0.15) is 22.7 Å². The number of ether oxygens (including phenoxy) is 1. The maximum atomic E-state index is 5.38. The van der Waals surface area contributed by atoms with Gasteiger partial charge >= 0.3 is 0 Å². The van der Waals surface area contributed by atoms with E-state index in [0.717, 1.165) is 26.2 Å². The Balaban J connectivity index is 1.79. The summed E-state index contributed by atoms with van der Waals surface area (Å²) in [4.78, 5) is 6.62. The normalized spacial score (nSPS) is 19.0. The second-order valence-electron chi connectivity index (χ2n) is 5.36. The quantitative estimate of drug-likeness (QED) is 0.847. The molecule has 0 saturated heterocycles. The van der Waals surface area contributed by atoms with Crippen molar-refractivity contribution in [2.45, 2.75) is 19.0 Å². The average molecular weight is 272 g/mol. The molecule has 0 aromatic carbocycles. The number of hydrogen-bond donors (Lipinski definition) is 0. The number of fused-ring (bicyclic) bond motifs is 1. The highest BCUT2D eigenvalue weighted by atomic mass is 16.5. The van der Waals surface area contributed by atoms with Crippen molar-refractivity contribution in [3.63, 3.8) is 0 Å². The molecule has 3 rings (SSSR count). The van der Waals surface area contributed by atoms with Gasteiger partial charge < -0.3 is 4.74 Å². The first kappa shape index (κ1) is 13.3. The molecule has 1 aliphatic rings. The van der Waals surface area contributed by atoms with E-state index in [1.807, 2.05) is 36.4 Å². The Hall–Kier alpha value is -1.72. The Morgan fingerprint density at radius 2 is 2.30 bits per heavy atom. The van der Waals surface area contributed by atoms with Gasteiger partial charge in [-0.3, -0.25) is 14.6 Å². The highest BCUT2D eigenvalue weighted by Crippen LogP contribution is 2.28. The van der Waals surface area contributed by atoms with Crippen molar-refractivity contribution in [2.75, 3.05) is 20.3 Å². The highest BCUT2D eigenvalue weighted by molar-refractivity contribution is 5.25. The van der Waals surface area contributed by atoms with Gasteiger partial charge in [0.05, 0.1) is 12.8 Å². The summed E-state index contributed by atoms with van der Waals surface area (Å²) >= 11 is 0. The third-order valence-electron chi connectivity index (χ3n) is 3.82. The summed E-state index contributed by atoms with van der Waals surface area (Å²) in [5.41, 5.74) is 3.87. The molecule has 20 heavy (non-hydrogen) atoms. The fourth-order valence-corrected chi connectivity index (χ4v) is 3.05. The molecule has 5 nitrogen and oxygen atoms in total. The molecule has 2 aromatic heterocycles. The lowest BCUT2D eigenvalue weighted by atomic mass is 9.96. The number of nitrogens with zero attached hydrogens (tertiary/aromatic N) is 4. The van der Waals surface area contributed by atoms with Gasteiger partial charge in [0.15, 0.2) is 0 Å². The van der Waals surface area contributed by atoms with Gasteiger partial charge in [-0.25, -0.2) is 0 Å². The Kier molecular flexibility index (Phi) is 3.80. The van der Waals surface area contributed by atoms with Crippen molar-refractivity contribution in [2.24, 2.45) is 7.05 Å². The summed E-state index contributed by atoms with van der Waals surface area (Å²) in [5.74, 6) is 0.382. The maximum absolute atomic E-state index is 5.38. The Morgan fingerprint density at radius 3 is 3.05 bits per heavy atom. The van der Waals surface area contributed by atoms with Crippen LogP contribution in [-0.4, -0.2) is 39.9 Å². The lowest BCUT2D eigenvalue weighted by Crippen LogP contribution is -2.35. The lowest BCUT2D eigenvalue weighted by molar-refractivity contribution is 0.132. The third kappa shape index (κ3) is 2.59. The standard InChI is InChI=1S/C15H20N4O/c1-18-15-13(7-17-18)9-19(10-14(15)11-20-2)8-12-4-3-5-16-6-12/h3-7,14H,8-11H2,1-2H3. The topological polar surface area (TPSA) is 43.2 Å². The molecule has 0 spiro atoms. The van der Waals surface area contributed by atoms with E-state index in [1.165, 1.54) is 16.8 Å². The number of aromatic nitrogens is 3. The first-order valence-corrected chi connectivity index (χ1v) is 6.89. The van der Waals surface area contributed by atoms with Crippen LogP contribution in [0.2, 0.25) is 0 Å². The van der Waals surface area contributed by atoms with Crippen molar-refractivity contribution in [3.8, 4) is 0 Å². The minimum atomic E-state index is 0.382. The van der Waals surface area contributed by atoms with Crippen molar-refractivity contribution in [1.82, 2.24) is 19.7 Å². The van der Waals surface area contributed by atoms with E-state index in [1.54, 1.807) is 7.11 Å². The average Bonchev–Trinajstić information content (AvgIpc) is 2.82. The monoisotopic (exact) mass is 272 g/mol. The van der Waals surface area contributed by atoms with Crippen LogP contribution in [-0.2, 0) is 24.9 Å². The van der Waals surface area contributed by atoms with E-state index in [9.17, 15) is 0 Å². The van der Waals surface area contributed by atoms with Crippen LogP contribution in [0, 0.1) is 0 Å². The van der Waals surface area contributed by atoms with Crippen LogP contribution in [0.5, 0.6) is 0 Å². The van der Waals surface area contributed by atoms with Gasteiger partial charge in [-0.2, -0.15) is 5.10 Å². The summed E-state index contributed by atoms with van der Waals surface area (Å²) in [7, 11) is 3.77.